The van der Waals surface area contributed by atoms with Crippen molar-refractivity contribution in [1.29, 1.82) is 0 Å². The van der Waals surface area contributed by atoms with Crippen LogP contribution in [0.5, 0.6) is 5.75 Å². The Morgan fingerprint density at radius 2 is 2.07 bits per heavy atom. The number of benzene rings is 1. The summed E-state index contributed by atoms with van der Waals surface area (Å²) in [6.45, 7) is 2.15. The highest BCUT2D eigenvalue weighted by atomic mass is 16.5. The lowest BCUT2D eigenvalue weighted by Crippen LogP contribution is -2.22. The molecule has 1 heteroatoms. The Balaban J connectivity index is 2.05. The molecular weight excluding hydrogens is 172 g/mol. The van der Waals surface area contributed by atoms with Crippen LogP contribution >= 0.6 is 0 Å². The summed E-state index contributed by atoms with van der Waals surface area (Å²) >= 11 is 0. The van der Waals surface area contributed by atoms with E-state index in [1.807, 2.05) is 0 Å². The normalized spacial score (nSPS) is 29.2. The fourth-order valence-electron chi connectivity index (χ4n) is 2.87. The van der Waals surface area contributed by atoms with Gasteiger partial charge >= 0.3 is 0 Å². The smallest absolute Gasteiger partial charge is 0.126 e. The van der Waals surface area contributed by atoms with Crippen molar-refractivity contribution in [1.82, 2.24) is 0 Å². The van der Waals surface area contributed by atoms with Gasteiger partial charge in [-0.2, -0.15) is 0 Å². The van der Waals surface area contributed by atoms with E-state index in [1.165, 1.54) is 42.6 Å². The zero-order valence-corrected chi connectivity index (χ0v) is 8.62. The van der Waals surface area contributed by atoms with Gasteiger partial charge in [-0.1, -0.05) is 24.6 Å². The van der Waals surface area contributed by atoms with Crippen molar-refractivity contribution in [2.24, 2.45) is 0 Å². The van der Waals surface area contributed by atoms with Crippen LogP contribution in [0.1, 0.15) is 42.7 Å². The van der Waals surface area contributed by atoms with Crippen LogP contribution in [-0.2, 0) is 0 Å². The predicted octanol–water partition coefficient (Wildman–Crippen LogP) is 3.41. The van der Waals surface area contributed by atoms with Crippen LogP contribution in [0.25, 0.3) is 0 Å². The second-order valence-electron chi connectivity index (χ2n) is 4.54. The summed E-state index contributed by atoms with van der Waals surface area (Å²) in [4.78, 5) is 0. The monoisotopic (exact) mass is 188 g/mol. The van der Waals surface area contributed by atoms with Gasteiger partial charge in [-0.15, -0.1) is 0 Å². The maximum Gasteiger partial charge on any atom is 0.126 e. The number of rotatable bonds is 0. The fraction of sp³-hybridized carbons (Fsp3) is 0.538. The summed E-state index contributed by atoms with van der Waals surface area (Å²) in [5.74, 6) is 1.88. The quantitative estimate of drug-likeness (QED) is 0.606. The van der Waals surface area contributed by atoms with Crippen molar-refractivity contribution in [3.05, 3.63) is 29.3 Å². The van der Waals surface area contributed by atoms with Crippen LogP contribution < -0.4 is 4.74 Å². The Bertz CT molecular complexity index is 356. The van der Waals surface area contributed by atoms with Gasteiger partial charge in [0.15, 0.2) is 0 Å². The fourth-order valence-corrected chi connectivity index (χ4v) is 2.87. The molecule has 0 aromatic heterocycles. The van der Waals surface area contributed by atoms with Gasteiger partial charge in [-0.3, -0.25) is 0 Å². The minimum absolute atomic E-state index is 0.486. The standard InChI is InChI=1S/C13H16O/c1-9-5-4-7-11-10-6-2-3-8-12(10)14-13(9)11/h4-5,7,10,12H,2-3,6,8H2,1H3/t10-,12-/m1/s1. The first-order chi connectivity index (χ1) is 6.86. The Kier molecular flexibility index (Phi) is 1.79. The largest absolute Gasteiger partial charge is 0.489 e. The minimum Gasteiger partial charge on any atom is -0.489 e. The highest BCUT2D eigenvalue weighted by Gasteiger charge is 2.36. The van der Waals surface area contributed by atoms with Crippen molar-refractivity contribution in [3.63, 3.8) is 0 Å². The van der Waals surface area contributed by atoms with Crippen molar-refractivity contribution in [2.75, 3.05) is 0 Å². The molecule has 2 aliphatic rings. The molecule has 0 N–H and O–H groups in total. The van der Waals surface area contributed by atoms with Crippen LogP contribution in [0.4, 0.5) is 0 Å². The van der Waals surface area contributed by atoms with Gasteiger partial charge in [0.05, 0.1) is 0 Å². The van der Waals surface area contributed by atoms with E-state index < -0.39 is 0 Å². The summed E-state index contributed by atoms with van der Waals surface area (Å²) in [6.07, 6.45) is 5.77. The van der Waals surface area contributed by atoms with E-state index in [1.54, 1.807) is 0 Å². The zero-order chi connectivity index (χ0) is 9.54. The molecule has 0 bridgehead atoms. The van der Waals surface area contributed by atoms with Crippen molar-refractivity contribution in [2.45, 2.75) is 44.6 Å². The lowest BCUT2D eigenvalue weighted by Gasteiger charge is -2.23. The van der Waals surface area contributed by atoms with Gasteiger partial charge in [-0.25, -0.2) is 0 Å². The van der Waals surface area contributed by atoms with Crippen LogP contribution in [0.2, 0.25) is 0 Å². The molecule has 14 heavy (non-hydrogen) atoms. The molecular formula is C13H16O. The Labute approximate surface area is 85.1 Å². The second kappa shape index (κ2) is 3.01. The maximum absolute atomic E-state index is 6.04. The first kappa shape index (κ1) is 8.34. The summed E-state index contributed by atoms with van der Waals surface area (Å²) < 4.78 is 6.04. The highest BCUT2D eigenvalue weighted by Crippen LogP contribution is 2.46. The molecule has 0 spiro atoms. The van der Waals surface area contributed by atoms with E-state index in [2.05, 4.69) is 25.1 Å². The van der Waals surface area contributed by atoms with E-state index >= 15 is 0 Å². The third kappa shape index (κ3) is 1.08. The van der Waals surface area contributed by atoms with E-state index in [0.29, 0.717) is 12.0 Å². The summed E-state index contributed by atoms with van der Waals surface area (Å²) in [7, 11) is 0. The van der Waals surface area contributed by atoms with Gasteiger partial charge in [0.1, 0.15) is 11.9 Å². The molecule has 1 aromatic rings. The molecule has 0 amide bonds. The summed E-state index contributed by atoms with van der Waals surface area (Å²) in [6, 6.07) is 6.56. The van der Waals surface area contributed by atoms with E-state index in [0.717, 1.165) is 0 Å². The van der Waals surface area contributed by atoms with Crippen LogP contribution in [0.3, 0.4) is 0 Å². The molecule has 1 aromatic carbocycles. The number of aryl methyl sites for hydroxylation is 1. The third-order valence-electron chi connectivity index (χ3n) is 3.61. The van der Waals surface area contributed by atoms with Crippen LogP contribution in [0.15, 0.2) is 18.2 Å². The van der Waals surface area contributed by atoms with Gasteiger partial charge in [-0.05, 0) is 31.7 Å². The molecule has 0 unspecified atom stereocenters. The SMILES string of the molecule is Cc1cccc2c1O[C@@H]1CCCC[C@H]21. The second-order valence-corrected chi connectivity index (χ2v) is 4.54. The number of fused-ring (bicyclic) bond motifs is 3. The highest BCUT2D eigenvalue weighted by molar-refractivity contribution is 5.46. The van der Waals surface area contributed by atoms with Gasteiger partial charge in [0.25, 0.3) is 0 Å². The van der Waals surface area contributed by atoms with Crippen LogP contribution in [0, 0.1) is 6.92 Å². The third-order valence-corrected chi connectivity index (χ3v) is 3.61. The molecule has 74 valence electrons. The number of hydrogen-bond donors (Lipinski definition) is 0. The van der Waals surface area contributed by atoms with Crippen molar-refractivity contribution in [3.8, 4) is 5.75 Å². The number of para-hydroxylation sites is 1. The van der Waals surface area contributed by atoms with Crippen molar-refractivity contribution >= 4 is 0 Å². The van der Waals surface area contributed by atoms with E-state index in [-0.39, 0.29) is 0 Å². The van der Waals surface area contributed by atoms with Crippen molar-refractivity contribution < 1.29 is 4.74 Å². The molecule has 0 saturated heterocycles. The lowest BCUT2D eigenvalue weighted by molar-refractivity contribution is 0.163. The number of hydrogen-bond acceptors (Lipinski definition) is 1. The molecule has 1 aliphatic carbocycles. The van der Waals surface area contributed by atoms with E-state index in [9.17, 15) is 0 Å². The topological polar surface area (TPSA) is 9.23 Å². The summed E-state index contributed by atoms with van der Waals surface area (Å²) in [5, 5.41) is 0. The zero-order valence-electron chi connectivity index (χ0n) is 8.62. The Hall–Kier alpha value is -0.980. The first-order valence-corrected chi connectivity index (χ1v) is 5.62. The molecule has 1 aliphatic heterocycles. The maximum atomic E-state index is 6.04. The van der Waals surface area contributed by atoms with Crippen LogP contribution in [-0.4, -0.2) is 6.10 Å². The van der Waals surface area contributed by atoms with Gasteiger partial charge in [0, 0.05) is 11.5 Å². The lowest BCUT2D eigenvalue weighted by atomic mass is 9.83. The Morgan fingerprint density at radius 3 is 3.00 bits per heavy atom. The van der Waals surface area contributed by atoms with Gasteiger partial charge < -0.3 is 4.74 Å². The molecule has 1 fully saturated rings. The Morgan fingerprint density at radius 1 is 1.21 bits per heavy atom. The molecule has 2 atom stereocenters. The molecule has 3 rings (SSSR count). The summed E-state index contributed by atoms with van der Waals surface area (Å²) in [5.41, 5.74) is 2.77. The molecule has 1 nitrogen and oxygen atoms in total. The molecule has 0 radical (unpaired) electrons. The minimum atomic E-state index is 0.486. The predicted molar refractivity (Wildman–Crippen MR) is 56.8 cm³/mol. The first-order valence-electron chi connectivity index (χ1n) is 5.62. The molecule has 1 saturated carbocycles. The number of ether oxygens (including phenoxy) is 1. The average molecular weight is 188 g/mol. The average Bonchev–Trinajstić information content (AvgIpc) is 2.59. The van der Waals surface area contributed by atoms with E-state index in [4.69, 9.17) is 4.74 Å². The molecule has 1 heterocycles. The van der Waals surface area contributed by atoms with Gasteiger partial charge in [0.2, 0.25) is 0 Å².